The van der Waals surface area contributed by atoms with Gasteiger partial charge in [0.15, 0.2) is 0 Å². The molecule has 218 valence electrons. The molecule has 41 heavy (non-hydrogen) atoms. The Morgan fingerprint density at radius 1 is 0.585 bits per heavy atom. The van der Waals surface area contributed by atoms with Gasteiger partial charge in [0.2, 0.25) is 0 Å². The van der Waals surface area contributed by atoms with Gasteiger partial charge in [-0.25, -0.2) is 0 Å². The van der Waals surface area contributed by atoms with Crippen molar-refractivity contribution < 1.29 is 25.2 Å². The summed E-state index contributed by atoms with van der Waals surface area (Å²) in [5.41, 5.74) is 1.63. The molecular weight excluding hydrogens is 512 g/mol. The van der Waals surface area contributed by atoms with E-state index in [0.717, 1.165) is 37.7 Å². The molecule has 0 unspecified atom stereocenters. The van der Waals surface area contributed by atoms with Gasteiger partial charge in [-0.2, -0.15) is 0 Å². The molecule has 0 bridgehead atoms. The number of aromatic hydroxyl groups is 3. The predicted molar refractivity (Wildman–Crippen MR) is 172 cm³/mol. The van der Waals surface area contributed by atoms with Crippen LogP contribution in [0.15, 0.2) is 115 Å². The molecule has 5 heteroatoms. The first-order valence-corrected chi connectivity index (χ1v) is 14.0. The zero-order valence-corrected chi connectivity index (χ0v) is 24.0. The minimum Gasteiger partial charge on any atom is -0.508 e. The third-order valence-electron chi connectivity index (χ3n) is 5.41. The van der Waals surface area contributed by atoms with Crippen LogP contribution in [0.1, 0.15) is 69.4 Å². The summed E-state index contributed by atoms with van der Waals surface area (Å²) in [7, 11) is 0. The Morgan fingerprint density at radius 3 is 1.61 bits per heavy atom. The van der Waals surface area contributed by atoms with Gasteiger partial charge in [-0.15, -0.1) is 0 Å². The lowest BCUT2D eigenvalue weighted by molar-refractivity contribution is -0.136. The van der Waals surface area contributed by atoms with Gasteiger partial charge in [0, 0.05) is 12.5 Å². The lowest BCUT2D eigenvalue weighted by atomic mass is 10.1. The van der Waals surface area contributed by atoms with Gasteiger partial charge in [0.05, 0.1) is 0 Å². The van der Waals surface area contributed by atoms with E-state index in [1.54, 1.807) is 42.5 Å². The number of allylic oxidation sites excluding steroid dienone is 12. The largest absolute Gasteiger partial charge is 0.508 e. The van der Waals surface area contributed by atoms with Crippen molar-refractivity contribution in [2.45, 2.75) is 58.3 Å². The summed E-state index contributed by atoms with van der Waals surface area (Å²) in [6.07, 6.45) is 36.0. The molecule has 0 aliphatic rings. The van der Waals surface area contributed by atoms with Gasteiger partial charge >= 0.3 is 5.97 Å². The molecule has 5 nitrogen and oxygen atoms in total. The highest BCUT2D eigenvalue weighted by Crippen LogP contribution is 2.22. The molecule has 0 saturated heterocycles. The van der Waals surface area contributed by atoms with E-state index in [2.05, 4.69) is 67.7 Å². The summed E-state index contributed by atoms with van der Waals surface area (Å²) in [5.74, 6) is -0.475. The topological polar surface area (TPSA) is 98.0 Å². The van der Waals surface area contributed by atoms with Crippen LogP contribution in [-0.4, -0.2) is 26.4 Å². The van der Waals surface area contributed by atoms with Gasteiger partial charge in [-0.3, -0.25) is 4.79 Å². The fourth-order valence-electron chi connectivity index (χ4n) is 3.30. The van der Waals surface area contributed by atoms with E-state index in [-0.39, 0.29) is 23.7 Å². The van der Waals surface area contributed by atoms with Gasteiger partial charge in [0.1, 0.15) is 17.2 Å². The van der Waals surface area contributed by atoms with Crippen molar-refractivity contribution in [3.8, 4) is 17.2 Å². The Kier molecular flexibility index (Phi) is 19.7. The van der Waals surface area contributed by atoms with E-state index in [9.17, 15) is 15.0 Å². The van der Waals surface area contributed by atoms with Crippen LogP contribution in [0.25, 0.3) is 12.2 Å². The highest BCUT2D eigenvalue weighted by molar-refractivity contribution is 5.71. The third kappa shape index (κ3) is 21.0. The molecule has 0 aromatic heterocycles. The summed E-state index contributed by atoms with van der Waals surface area (Å²) in [4.78, 5) is 10.3. The highest BCUT2D eigenvalue weighted by atomic mass is 16.4. The average Bonchev–Trinajstić information content (AvgIpc) is 2.94. The van der Waals surface area contributed by atoms with Crippen LogP contribution in [0.2, 0.25) is 0 Å². The van der Waals surface area contributed by atoms with Crippen LogP contribution < -0.4 is 0 Å². The second-order valence-corrected chi connectivity index (χ2v) is 9.11. The van der Waals surface area contributed by atoms with E-state index in [0.29, 0.717) is 12.0 Å². The van der Waals surface area contributed by atoms with Crippen molar-refractivity contribution in [3.05, 3.63) is 127 Å². The Hall–Kier alpha value is -4.51. The molecular formula is C36H44O5. The molecule has 2 rings (SSSR count). The molecule has 2 aromatic carbocycles. The van der Waals surface area contributed by atoms with E-state index in [4.69, 9.17) is 10.2 Å². The van der Waals surface area contributed by atoms with Crippen molar-refractivity contribution in [1.29, 1.82) is 0 Å². The van der Waals surface area contributed by atoms with Crippen molar-refractivity contribution >= 4 is 18.1 Å². The van der Waals surface area contributed by atoms with E-state index < -0.39 is 5.97 Å². The molecule has 4 N–H and O–H groups in total. The Bertz CT molecular complexity index is 1170. The number of phenolic OH excluding ortho intramolecular Hbond substituents is 3. The highest BCUT2D eigenvalue weighted by Gasteiger charge is 1.96. The van der Waals surface area contributed by atoms with Crippen LogP contribution >= 0.6 is 0 Å². The number of carbonyl (C=O) groups is 1. The molecule has 0 aliphatic carbocycles. The maximum absolute atomic E-state index is 10.3. The van der Waals surface area contributed by atoms with Crippen LogP contribution in [-0.2, 0) is 4.79 Å². The summed E-state index contributed by atoms with van der Waals surface area (Å²) in [6.45, 7) is 2.18. The van der Waals surface area contributed by atoms with Crippen LogP contribution in [0.5, 0.6) is 17.2 Å². The second-order valence-electron chi connectivity index (χ2n) is 9.11. The van der Waals surface area contributed by atoms with Gasteiger partial charge in [-0.05, 0) is 73.9 Å². The van der Waals surface area contributed by atoms with Gasteiger partial charge in [0.25, 0.3) is 0 Å². The molecule has 0 saturated carbocycles. The van der Waals surface area contributed by atoms with E-state index in [1.165, 1.54) is 12.5 Å². The predicted octanol–water partition coefficient (Wildman–Crippen LogP) is 9.52. The third-order valence-corrected chi connectivity index (χ3v) is 5.41. The zero-order chi connectivity index (χ0) is 30.0. The van der Waals surface area contributed by atoms with Gasteiger partial charge in [-0.1, -0.05) is 111 Å². The van der Waals surface area contributed by atoms with Crippen LogP contribution in [0, 0.1) is 0 Å². The number of aliphatic carboxylic acids is 1. The molecule has 0 amide bonds. The number of unbranched alkanes of at least 4 members (excludes halogenated alkanes) is 1. The van der Waals surface area contributed by atoms with Crippen LogP contribution in [0.3, 0.4) is 0 Å². The number of rotatable bonds is 16. The van der Waals surface area contributed by atoms with E-state index >= 15 is 0 Å². The van der Waals surface area contributed by atoms with Crippen molar-refractivity contribution in [2.24, 2.45) is 0 Å². The Labute approximate surface area is 245 Å². The van der Waals surface area contributed by atoms with Crippen molar-refractivity contribution in [1.82, 2.24) is 0 Å². The average molecular weight is 557 g/mol. The molecule has 0 fully saturated rings. The van der Waals surface area contributed by atoms with Crippen molar-refractivity contribution in [2.75, 3.05) is 0 Å². The first-order valence-electron chi connectivity index (χ1n) is 14.0. The standard InChI is InChI=1S/C22H32O2.C14H12O3/c1-2-3-4-5-6-7-8-9-10-11-12-13-14-15-16-17-18-19-20-21-22(23)24;15-12-5-3-10(4-6-12)1-2-11-7-13(16)9-14(17)8-11/h4-7,9-10,12-13,15-16,18-19H,2-3,8,11,14,17,20-21H2,1H3,(H,23,24);1-9,15-17H/b5-4+,7-6+,10-9+,13-12+,16-15+,19-18-;2-1+. The first-order chi connectivity index (χ1) is 19.9. The maximum Gasteiger partial charge on any atom is 0.303 e. The zero-order valence-electron chi connectivity index (χ0n) is 24.0. The number of carboxylic acid groups (broad SMARTS) is 1. The fraction of sp³-hybridized carbons (Fsp3) is 0.250. The smallest absolute Gasteiger partial charge is 0.303 e. The molecule has 0 spiro atoms. The molecule has 0 aliphatic heterocycles. The SMILES string of the molecule is CCC/C=C/C=C/C/C=C/C/C=C/C/C=C/C/C=C\CCC(=O)O.Oc1ccc(/C=C/c2cc(O)cc(O)c2)cc1. The summed E-state index contributed by atoms with van der Waals surface area (Å²) in [5, 5.41) is 36.2. The lowest BCUT2D eigenvalue weighted by Crippen LogP contribution is -1.91. The number of carboxylic acids is 1. The Morgan fingerprint density at radius 2 is 1.07 bits per heavy atom. The normalized spacial score (nSPS) is 12.1. The molecule has 2 aromatic rings. The van der Waals surface area contributed by atoms with Crippen molar-refractivity contribution in [3.63, 3.8) is 0 Å². The second kappa shape index (κ2) is 23.4. The number of phenols is 3. The molecule has 0 radical (unpaired) electrons. The van der Waals surface area contributed by atoms with Crippen LogP contribution in [0.4, 0.5) is 0 Å². The molecule has 0 atom stereocenters. The summed E-state index contributed by atoms with van der Waals surface area (Å²) >= 11 is 0. The minimum absolute atomic E-state index is 0.0235. The Balaban J connectivity index is 0.000000431. The number of hydrogen-bond donors (Lipinski definition) is 4. The lowest BCUT2D eigenvalue weighted by Gasteiger charge is -1.98. The summed E-state index contributed by atoms with van der Waals surface area (Å²) in [6, 6.07) is 11.1. The number of hydrogen-bond acceptors (Lipinski definition) is 4. The monoisotopic (exact) mass is 556 g/mol. The minimum atomic E-state index is -0.741. The molecule has 0 heterocycles. The number of benzene rings is 2. The van der Waals surface area contributed by atoms with E-state index in [1.807, 2.05) is 18.2 Å². The quantitative estimate of drug-likeness (QED) is 0.0937. The summed E-state index contributed by atoms with van der Waals surface area (Å²) < 4.78 is 0. The fourth-order valence-corrected chi connectivity index (χ4v) is 3.30. The first kappa shape index (κ1) is 34.5. The maximum atomic E-state index is 10.3. The van der Waals surface area contributed by atoms with Gasteiger partial charge < -0.3 is 20.4 Å².